The number of nitrogens with zero attached hydrogens (tertiary/aromatic N) is 3. The van der Waals surface area contributed by atoms with Crippen LogP contribution >= 0.6 is 0 Å². The number of nitrogens with one attached hydrogen (secondary N) is 1. The second-order valence-electron chi connectivity index (χ2n) is 4.25. The fraction of sp³-hybridized carbons (Fsp3) is 0.583. The lowest BCUT2D eigenvalue weighted by Gasteiger charge is -2.17. The molecule has 7 heteroatoms. The summed E-state index contributed by atoms with van der Waals surface area (Å²) < 4.78 is 10.6. The number of hydrogen-bond acceptors (Lipinski definition) is 5. The Morgan fingerprint density at radius 3 is 3.26 bits per heavy atom. The van der Waals surface area contributed by atoms with Gasteiger partial charge in [-0.25, -0.2) is 14.8 Å². The first-order valence-electron chi connectivity index (χ1n) is 6.24. The van der Waals surface area contributed by atoms with Crippen molar-refractivity contribution in [1.82, 2.24) is 20.2 Å². The van der Waals surface area contributed by atoms with Crippen LogP contribution in [0.25, 0.3) is 0 Å². The van der Waals surface area contributed by atoms with Crippen LogP contribution in [0, 0.1) is 0 Å². The topological polar surface area (TPSA) is 76.6 Å². The molecule has 0 radical (unpaired) electrons. The van der Waals surface area contributed by atoms with E-state index in [0.29, 0.717) is 32.1 Å². The molecular weight excluding hydrogens is 248 g/mol. The first-order chi connectivity index (χ1) is 9.29. The van der Waals surface area contributed by atoms with Gasteiger partial charge in [-0.05, 0) is 0 Å². The van der Waals surface area contributed by atoms with Crippen molar-refractivity contribution in [3.63, 3.8) is 0 Å². The molecular formula is C12H18N4O3. The molecule has 0 aliphatic carbocycles. The van der Waals surface area contributed by atoms with Gasteiger partial charge >= 0.3 is 6.03 Å². The summed E-state index contributed by atoms with van der Waals surface area (Å²) in [5.41, 5.74) is 0. The summed E-state index contributed by atoms with van der Waals surface area (Å²) in [4.78, 5) is 21.4. The highest BCUT2D eigenvalue weighted by Gasteiger charge is 2.27. The van der Waals surface area contributed by atoms with Gasteiger partial charge in [0.05, 0.1) is 13.2 Å². The van der Waals surface area contributed by atoms with Gasteiger partial charge in [-0.15, -0.1) is 0 Å². The van der Waals surface area contributed by atoms with Gasteiger partial charge in [-0.1, -0.05) is 0 Å². The Morgan fingerprint density at radius 1 is 1.63 bits per heavy atom. The second-order valence-corrected chi connectivity index (χ2v) is 4.25. The third-order valence-electron chi connectivity index (χ3n) is 2.86. The molecule has 19 heavy (non-hydrogen) atoms. The van der Waals surface area contributed by atoms with E-state index in [1.807, 2.05) is 0 Å². The van der Waals surface area contributed by atoms with Gasteiger partial charge in [-0.3, -0.25) is 0 Å². The lowest BCUT2D eigenvalue weighted by Crippen LogP contribution is -2.40. The number of likely N-dealkylation sites (tertiary alicyclic amines) is 1. The zero-order chi connectivity index (χ0) is 13.5. The molecule has 0 unspecified atom stereocenters. The molecule has 0 bridgehead atoms. The number of urea groups is 1. The van der Waals surface area contributed by atoms with Crippen LogP contribution in [0.15, 0.2) is 18.6 Å². The Bertz CT molecular complexity index is 401. The van der Waals surface area contributed by atoms with Crippen LogP contribution in [-0.4, -0.2) is 60.4 Å². The van der Waals surface area contributed by atoms with Crippen LogP contribution in [0.1, 0.15) is 6.42 Å². The summed E-state index contributed by atoms with van der Waals surface area (Å²) in [5.74, 6) is 0.543. The van der Waals surface area contributed by atoms with E-state index < -0.39 is 0 Å². The minimum atomic E-state index is -0.0779. The molecule has 1 saturated heterocycles. The number of carbonyl (C=O) groups excluding carboxylic acids is 1. The summed E-state index contributed by atoms with van der Waals surface area (Å²) in [7, 11) is 1.60. The van der Waals surface area contributed by atoms with Crippen LogP contribution in [0.5, 0.6) is 5.88 Å². The Hall–Kier alpha value is -1.89. The van der Waals surface area contributed by atoms with Gasteiger partial charge < -0.3 is 19.7 Å². The van der Waals surface area contributed by atoms with Crippen LogP contribution < -0.4 is 10.1 Å². The lowest BCUT2D eigenvalue weighted by molar-refractivity contribution is 0.174. The molecule has 0 aromatic carbocycles. The number of amides is 2. The van der Waals surface area contributed by atoms with Crippen LogP contribution in [0.2, 0.25) is 0 Å². The lowest BCUT2D eigenvalue weighted by atomic mass is 10.3. The minimum absolute atomic E-state index is 0.0110. The number of carbonyl (C=O) groups is 1. The summed E-state index contributed by atoms with van der Waals surface area (Å²) in [6.45, 7) is 2.29. The molecule has 1 fully saturated rings. The van der Waals surface area contributed by atoms with Crippen molar-refractivity contribution in [1.29, 1.82) is 0 Å². The Labute approximate surface area is 111 Å². The van der Waals surface area contributed by atoms with E-state index in [2.05, 4.69) is 15.3 Å². The van der Waals surface area contributed by atoms with E-state index in [0.717, 1.165) is 6.42 Å². The van der Waals surface area contributed by atoms with E-state index in [1.165, 1.54) is 6.33 Å². The fourth-order valence-corrected chi connectivity index (χ4v) is 1.90. The maximum absolute atomic E-state index is 11.8. The molecule has 1 N–H and O–H groups in total. The molecule has 2 amide bonds. The smallest absolute Gasteiger partial charge is 0.317 e. The van der Waals surface area contributed by atoms with Crippen molar-refractivity contribution in [3.05, 3.63) is 18.6 Å². The van der Waals surface area contributed by atoms with Gasteiger partial charge in [0, 0.05) is 38.9 Å². The maximum atomic E-state index is 11.8. The number of methoxy groups -OCH3 is 1. The van der Waals surface area contributed by atoms with E-state index in [9.17, 15) is 4.79 Å². The zero-order valence-corrected chi connectivity index (χ0v) is 10.9. The highest BCUT2D eigenvalue weighted by Crippen LogP contribution is 2.15. The SMILES string of the molecule is COCCNC(=O)N1CC[C@H](Oc2ccncn2)C1. The predicted octanol–water partition coefficient (Wildman–Crippen LogP) is 0.286. The second kappa shape index (κ2) is 6.89. The molecule has 1 atom stereocenters. The van der Waals surface area contributed by atoms with Gasteiger partial charge in [0.1, 0.15) is 12.4 Å². The normalized spacial score (nSPS) is 18.4. The number of aromatic nitrogens is 2. The summed E-state index contributed by atoms with van der Waals surface area (Å²) in [6.07, 6.45) is 3.87. The molecule has 1 aromatic heterocycles. The highest BCUT2D eigenvalue weighted by atomic mass is 16.5. The van der Waals surface area contributed by atoms with E-state index in [1.54, 1.807) is 24.3 Å². The van der Waals surface area contributed by atoms with Crippen molar-refractivity contribution < 1.29 is 14.3 Å². The third kappa shape index (κ3) is 4.06. The van der Waals surface area contributed by atoms with E-state index in [-0.39, 0.29) is 12.1 Å². The first kappa shape index (κ1) is 13.5. The standard InChI is InChI=1S/C12H18N4O3/c1-18-7-5-14-12(17)16-6-3-10(8-16)19-11-2-4-13-9-15-11/h2,4,9-10H,3,5-8H2,1H3,(H,14,17)/t10-/m0/s1. The molecule has 1 aliphatic rings. The molecule has 1 aliphatic heterocycles. The predicted molar refractivity (Wildman–Crippen MR) is 67.9 cm³/mol. The summed E-state index contributed by atoms with van der Waals surface area (Å²) >= 11 is 0. The first-order valence-corrected chi connectivity index (χ1v) is 6.24. The summed E-state index contributed by atoms with van der Waals surface area (Å²) in [5, 5.41) is 2.79. The Balaban J connectivity index is 1.75. The van der Waals surface area contributed by atoms with Crippen LogP contribution in [-0.2, 0) is 4.74 Å². The zero-order valence-electron chi connectivity index (χ0n) is 10.9. The molecule has 7 nitrogen and oxygen atoms in total. The third-order valence-corrected chi connectivity index (χ3v) is 2.86. The fourth-order valence-electron chi connectivity index (χ4n) is 1.90. The number of rotatable bonds is 5. The molecule has 1 aromatic rings. The quantitative estimate of drug-likeness (QED) is 0.775. The van der Waals surface area contributed by atoms with Gasteiger partial charge in [0.15, 0.2) is 0 Å². The average Bonchev–Trinajstić information content (AvgIpc) is 2.89. The average molecular weight is 266 g/mol. The van der Waals surface area contributed by atoms with Crippen molar-refractivity contribution in [2.45, 2.75) is 12.5 Å². The largest absolute Gasteiger partial charge is 0.472 e. The van der Waals surface area contributed by atoms with Crippen molar-refractivity contribution >= 4 is 6.03 Å². The molecule has 0 saturated carbocycles. The Morgan fingerprint density at radius 2 is 2.53 bits per heavy atom. The molecule has 104 valence electrons. The van der Waals surface area contributed by atoms with Crippen molar-refractivity contribution in [2.24, 2.45) is 0 Å². The molecule has 2 heterocycles. The maximum Gasteiger partial charge on any atom is 0.317 e. The van der Waals surface area contributed by atoms with Crippen LogP contribution in [0.4, 0.5) is 4.79 Å². The van der Waals surface area contributed by atoms with Crippen molar-refractivity contribution in [2.75, 3.05) is 33.4 Å². The van der Waals surface area contributed by atoms with Crippen molar-refractivity contribution in [3.8, 4) is 5.88 Å². The molecule has 0 spiro atoms. The van der Waals surface area contributed by atoms with E-state index in [4.69, 9.17) is 9.47 Å². The van der Waals surface area contributed by atoms with Gasteiger partial charge in [0.2, 0.25) is 5.88 Å². The number of ether oxygens (including phenoxy) is 2. The highest BCUT2D eigenvalue weighted by molar-refractivity contribution is 5.74. The van der Waals surface area contributed by atoms with Crippen LogP contribution in [0.3, 0.4) is 0 Å². The monoisotopic (exact) mass is 266 g/mol. The Kier molecular flexibility index (Phi) is 4.91. The number of hydrogen-bond donors (Lipinski definition) is 1. The van der Waals surface area contributed by atoms with Gasteiger partial charge in [0.25, 0.3) is 0 Å². The molecule has 2 rings (SSSR count). The minimum Gasteiger partial charge on any atom is -0.472 e. The summed E-state index contributed by atoms with van der Waals surface area (Å²) in [6, 6.07) is 1.63. The van der Waals surface area contributed by atoms with E-state index >= 15 is 0 Å². The van der Waals surface area contributed by atoms with Gasteiger partial charge in [-0.2, -0.15) is 0 Å².